The van der Waals surface area contributed by atoms with Crippen LogP contribution in [0.3, 0.4) is 0 Å². The maximum absolute atomic E-state index is 13.4. The molecule has 0 saturated carbocycles. The summed E-state index contributed by atoms with van der Waals surface area (Å²) in [5.41, 5.74) is -1.58. The van der Waals surface area contributed by atoms with E-state index in [-0.39, 0.29) is 6.07 Å². The monoisotopic (exact) mass is 276 g/mol. The predicted molar refractivity (Wildman–Crippen MR) is 56.5 cm³/mol. The average Bonchev–Trinajstić information content (AvgIpc) is 2.26. The normalized spacial score (nSPS) is 13.9. The molecule has 0 amide bonds. The Morgan fingerprint density at radius 3 is 2.16 bits per heavy atom. The predicted octanol–water partition coefficient (Wildman–Crippen LogP) is 0.532. The van der Waals surface area contributed by atoms with Gasteiger partial charge < -0.3 is 20.4 Å². The molecule has 2 unspecified atom stereocenters. The van der Waals surface area contributed by atoms with Gasteiger partial charge in [-0.3, -0.25) is 4.79 Å². The maximum Gasteiger partial charge on any atom is 0.338 e. The number of aliphatic hydroxyl groups excluding tert-OH is 2. The summed E-state index contributed by atoms with van der Waals surface area (Å²) in [6, 6.07) is 0.762. The second-order valence-corrected chi connectivity index (χ2v) is 3.77. The fraction of sp³-hybridized carbons (Fsp3) is 0.273. The molecule has 2 atom stereocenters. The van der Waals surface area contributed by atoms with Crippen molar-refractivity contribution in [1.29, 1.82) is 0 Å². The number of halogens is 2. The molecule has 0 spiro atoms. The molecule has 1 aromatic carbocycles. The SMILES string of the molecule is O=C(O)CC(O)C(O)c1cc(C(=O)O)c(F)cc1F. The van der Waals surface area contributed by atoms with Gasteiger partial charge in [0.2, 0.25) is 0 Å². The van der Waals surface area contributed by atoms with Crippen LogP contribution in [-0.2, 0) is 4.79 Å². The van der Waals surface area contributed by atoms with Gasteiger partial charge in [0.25, 0.3) is 0 Å². The molecule has 0 saturated heterocycles. The first kappa shape index (κ1) is 15.0. The van der Waals surface area contributed by atoms with Gasteiger partial charge in [0.05, 0.1) is 18.1 Å². The molecule has 1 rings (SSSR count). The number of carboxylic acid groups (broad SMARTS) is 2. The molecule has 0 bridgehead atoms. The average molecular weight is 276 g/mol. The molecular weight excluding hydrogens is 266 g/mol. The minimum Gasteiger partial charge on any atom is -0.481 e. The standard InChI is InChI=1S/C11H10F2O6/c12-6-2-7(13)5(11(18)19)1-4(6)10(17)8(14)3-9(15)16/h1-2,8,10,14,17H,3H2,(H,15,16)(H,18,19). The van der Waals surface area contributed by atoms with E-state index in [1.165, 1.54) is 0 Å². The summed E-state index contributed by atoms with van der Waals surface area (Å²) in [4.78, 5) is 21.0. The summed E-state index contributed by atoms with van der Waals surface area (Å²) in [6.45, 7) is 0. The van der Waals surface area contributed by atoms with E-state index >= 15 is 0 Å². The van der Waals surface area contributed by atoms with Crippen LogP contribution in [0.1, 0.15) is 28.4 Å². The molecular formula is C11H10F2O6. The highest BCUT2D eigenvalue weighted by Gasteiger charge is 2.26. The quantitative estimate of drug-likeness (QED) is 0.623. The molecule has 6 nitrogen and oxygen atoms in total. The molecule has 104 valence electrons. The van der Waals surface area contributed by atoms with Crippen LogP contribution in [0.25, 0.3) is 0 Å². The van der Waals surface area contributed by atoms with E-state index in [9.17, 15) is 28.6 Å². The van der Waals surface area contributed by atoms with E-state index in [4.69, 9.17) is 10.2 Å². The second kappa shape index (κ2) is 5.72. The number of aliphatic carboxylic acids is 1. The van der Waals surface area contributed by atoms with Crippen molar-refractivity contribution in [3.63, 3.8) is 0 Å². The molecule has 0 aliphatic heterocycles. The molecule has 4 N–H and O–H groups in total. The minimum absolute atomic E-state index is 0.246. The Bertz CT molecular complexity index is 516. The number of carbonyl (C=O) groups is 2. The van der Waals surface area contributed by atoms with Crippen molar-refractivity contribution in [3.05, 3.63) is 34.9 Å². The van der Waals surface area contributed by atoms with E-state index in [0.29, 0.717) is 6.07 Å². The van der Waals surface area contributed by atoms with Crippen molar-refractivity contribution in [2.75, 3.05) is 0 Å². The Morgan fingerprint density at radius 2 is 1.68 bits per heavy atom. The number of aromatic carboxylic acids is 1. The van der Waals surface area contributed by atoms with E-state index in [2.05, 4.69) is 0 Å². The highest BCUT2D eigenvalue weighted by atomic mass is 19.1. The summed E-state index contributed by atoms with van der Waals surface area (Å²) in [5, 5.41) is 35.9. The van der Waals surface area contributed by atoms with Crippen molar-refractivity contribution in [1.82, 2.24) is 0 Å². The summed E-state index contributed by atoms with van der Waals surface area (Å²) in [7, 11) is 0. The second-order valence-electron chi connectivity index (χ2n) is 3.77. The Hall–Kier alpha value is -2.06. The number of hydrogen-bond donors (Lipinski definition) is 4. The zero-order valence-corrected chi connectivity index (χ0v) is 9.38. The van der Waals surface area contributed by atoms with Gasteiger partial charge in [-0.15, -0.1) is 0 Å². The van der Waals surface area contributed by atoms with Crippen molar-refractivity contribution in [2.24, 2.45) is 0 Å². The molecule has 1 aromatic rings. The molecule has 19 heavy (non-hydrogen) atoms. The van der Waals surface area contributed by atoms with Crippen LogP contribution in [-0.4, -0.2) is 38.5 Å². The van der Waals surface area contributed by atoms with Crippen LogP contribution >= 0.6 is 0 Å². The van der Waals surface area contributed by atoms with Crippen LogP contribution in [0.15, 0.2) is 12.1 Å². The highest BCUT2D eigenvalue weighted by molar-refractivity contribution is 5.88. The Labute approximate surface area is 105 Å². The molecule has 0 aliphatic carbocycles. The lowest BCUT2D eigenvalue weighted by atomic mass is 9.99. The zero-order chi connectivity index (χ0) is 14.7. The molecule has 0 radical (unpaired) electrons. The third kappa shape index (κ3) is 3.46. The van der Waals surface area contributed by atoms with Crippen LogP contribution < -0.4 is 0 Å². The Kier molecular flexibility index (Phi) is 4.52. The van der Waals surface area contributed by atoms with Crippen LogP contribution in [0.2, 0.25) is 0 Å². The summed E-state index contributed by atoms with van der Waals surface area (Å²) < 4.78 is 26.5. The van der Waals surface area contributed by atoms with Gasteiger partial charge in [-0.05, 0) is 6.07 Å². The highest BCUT2D eigenvalue weighted by Crippen LogP contribution is 2.25. The van der Waals surface area contributed by atoms with Crippen LogP contribution in [0.5, 0.6) is 0 Å². The third-order valence-corrected chi connectivity index (χ3v) is 2.38. The Balaban J connectivity index is 3.15. The first-order valence-electron chi connectivity index (χ1n) is 5.04. The molecule has 0 heterocycles. The van der Waals surface area contributed by atoms with Gasteiger partial charge >= 0.3 is 11.9 Å². The van der Waals surface area contributed by atoms with Crippen molar-refractivity contribution >= 4 is 11.9 Å². The number of rotatable bonds is 5. The van der Waals surface area contributed by atoms with Gasteiger partial charge in [0.15, 0.2) is 0 Å². The van der Waals surface area contributed by atoms with E-state index in [1.54, 1.807) is 0 Å². The van der Waals surface area contributed by atoms with E-state index in [1.807, 2.05) is 0 Å². The zero-order valence-electron chi connectivity index (χ0n) is 9.38. The van der Waals surface area contributed by atoms with Crippen LogP contribution in [0.4, 0.5) is 8.78 Å². The van der Waals surface area contributed by atoms with Crippen molar-refractivity contribution < 1.29 is 38.8 Å². The van der Waals surface area contributed by atoms with Crippen molar-refractivity contribution in [3.8, 4) is 0 Å². The van der Waals surface area contributed by atoms with Gasteiger partial charge in [-0.2, -0.15) is 0 Å². The first-order chi connectivity index (χ1) is 8.73. The fourth-order valence-electron chi connectivity index (χ4n) is 1.45. The van der Waals surface area contributed by atoms with E-state index in [0.717, 1.165) is 0 Å². The number of hydrogen-bond acceptors (Lipinski definition) is 4. The van der Waals surface area contributed by atoms with Crippen LogP contribution in [0, 0.1) is 11.6 Å². The lowest BCUT2D eigenvalue weighted by Gasteiger charge is -2.17. The van der Waals surface area contributed by atoms with Gasteiger partial charge in [-0.1, -0.05) is 0 Å². The topological polar surface area (TPSA) is 115 Å². The Morgan fingerprint density at radius 1 is 1.11 bits per heavy atom. The molecule has 0 aromatic heterocycles. The number of carboxylic acids is 2. The number of benzene rings is 1. The molecule has 0 fully saturated rings. The lowest BCUT2D eigenvalue weighted by molar-refractivity contribution is -0.141. The van der Waals surface area contributed by atoms with Gasteiger partial charge in [0, 0.05) is 11.6 Å². The first-order valence-corrected chi connectivity index (χ1v) is 5.04. The summed E-state index contributed by atoms with van der Waals surface area (Å²) >= 11 is 0. The maximum atomic E-state index is 13.4. The third-order valence-electron chi connectivity index (χ3n) is 2.38. The minimum atomic E-state index is -1.98. The van der Waals surface area contributed by atoms with Gasteiger partial charge in [-0.25, -0.2) is 13.6 Å². The fourth-order valence-corrected chi connectivity index (χ4v) is 1.45. The molecule has 0 aliphatic rings. The van der Waals surface area contributed by atoms with Gasteiger partial charge in [0.1, 0.15) is 17.7 Å². The van der Waals surface area contributed by atoms with Crippen molar-refractivity contribution in [2.45, 2.75) is 18.6 Å². The summed E-state index contributed by atoms with van der Waals surface area (Å²) in [5.74, 6) is -5.74. The number of aliphatic hydroxyl groups is 2. The smallest absolute Gasteiger partial charge is 0.338 e. The summed E-state index contributed by atoms with van der Waals surface area (Å²) in [6.07, 6.45) is -4.70. The largest absolute Gasteiger partial charge is 0.481 e. The van der Waals surface area contributed by atoms with E-state index < -0.39 is 53.3 Å². The molecule has 8 heteroatoms. The lowest BCUT2D eigenvalue weighted by Crippen LogP contribution is -2.23.